The van der Waals surface area contributed by atoms with Gasteiger partial charge in [-0.1, -0.05) is 5.18 Å². The lowest BCUT2D eigenvalue weighted by atomic mass is 10.2. The van der Waals surface area contributed by atoms with Crippen molar-refractivity contribution in [3.05, 3.63) is 4.91 Å². The van der Waals surface area contributed by atoms with Crippen molar-refractivity contribution in [1.82, 2.24) is 0 Å². The van der Waals surface area contributed by atoms with E-state index in [9.17, 15) is 0 Å². The van der Waals surface area contributed by atoms with E-state index in [0.29, 0.717) is 0 Å². The standard InChI is InChI=1S/CH2BNO/c2-1-3-4/h1H2. The zero-order valence-electron chi connectivity index (χ0n) is 2.14. The van der Waals surface area contributed by atoms with Crippen molar-refractivity contribution < 1.29 is 0 Å². The first kappa shape index (κ1) is 3.66. The number of rotatable bonds is 1. The molecule has 4 heavy (non-hydrogen) atoms. The van der Waals surface area contributed by atoms with Crippen LogP contribution in [0.3, 0.4) is 0 Å². The van der Waals surface area contributed by atoms with Crippen LogP contribution in [0.25, 0.3) is 0 Å². The summed E-state index contributed by atoms with van der Waals surface area (Å²) in [6.45, 7) is 0. The highest BCUT2D eigenvalue weighted by Crippen LogP contribution is 1.45. The van der Waals surface area contributed by atoms with Crippen molar-refractivity contribution in [1.29, 1.82) is 0 Å². The van der Waals surface area contributed by atoms with Gasteiger partial charge in [0.25, 0.3) is 0 Å². The fraction of sp³-hybridized carbons (Fsp3) is 1.00. The maximum absolute atomic E-state index is 8.80. The zero-order valence-corrected chi connectivity index (χ0v) is 2.14. The molecule has 20 valence electrons. The molecule has 0 aliphatic carbocycles. The van der Waals surface area contributed by atoms with E-state index in [0.717, 1.165) is 0 Å². The summed E-state index contributed by atoms with van der Waals surface area (Å²) in [6.07, 6.45) is -0.111. The van der Waals surface area contributed by atoms with Gasteiger partial charge in [-0.05, 0) is 0 Å². The minimum absolute atomic E-state index is 0.111. The van der Waals surface area contributed by atoms with E-state index in [-0.39, 0.29) is 6.44 Å². The molecule has 0 aliphatic heterocycles. The first-order valence-corrected chi connectivity index (χ1v) is 0.907. The van der Waals surface area contributed by atoms with E-state index >= 15 is 0 Å². The van der Waals surface area contributed by atoms with Gasteiger partial charge >= 0.3 is 0 Å². The third-order valence-electron chi connectivity index (χ3n) is 0.0745. The Bertz CT molecular complexity index is 22.0. The summed E-state index contributed by atoms with van der Waals surface area (Å²) in [4.78, 5) is 8.80. The second-order valence-electron chi connectivity index (χ2n) is 0.312. The Balaban J connectivity index is 2.30. The van der Waals surface area contributed by atoms with Crippen LogP contribution >= 0.6 is 0 Å². The van der Waals surface area contributed by atoms with Crippen LogP contribution in [0, 0.1) is 4.91 Å². The van der Waals surface area contributed by atoms with Crippen LogP contribution in [0.5, 0.6) is 0 Å². The monoisotopic (exact) mass is 55.0 g/mol. The molecule has 0 aromatic heterocycles. The Morgan fingerprint density at radius 1 is 2.00 bits per heavy atom. The normalized spacial score (nSPS) is 6.00. The average molecular weight is 54.8 g/mol. The van der Waals surface area contributed by atoms with Crippen LogP contribution in [-0.4, -0.2) is 14.3 Å². The van der Waals surface area contributed by atoms with Crippen molar-refractivity contribution in [2.75, 3.05) is 6.44 Å². The minimum Gasteiger partial charge on any atom is -0.152 e. The molecule has 0 amide bonds. The van der Waals surface area contributed by atoms with Crippen molar-refractivity contribution in [3.63, 3.8) is 0 Å². The Hall–Kier alpha value is -0.335. The molecule has 0 atom stereocenters. The number of hydrogen-bond donors (Lipinski definition) is 0. The molecule has 0 aliphatic rings. The van der Waals surface area contributed by atoms with Gasteiger partial charge in [-0.3, -0.25) is 0 Å². The Morgan fingerprint density at radius 2 is 2.25 bits per heavy atom. The van der Waals surface area contributed by atoms with Crippen molar-refractivity contribution in [2.45, 2.75) is 0 Å². The predicted octanol–water partition coefficient (Wildman–Crippen LogP) is -0.121. The van der Waals surface area contributed by atoms with Gasteiger partial charge in [0.2, 0.25) is 0 Å². The van der Waals surface area contributed by atoms with Crippen LogP contribution in [-0.2, 0) is 0 Å². The van der Waals surface area contributed by atoms with Gasteiger partial charge in [-0.2, -0.15) is 4.91 Å². The van der Waals surface area contributed by atoms with Gasteiger partial charge in [0, 0.05) is 6.44 Å². The average Bonchev–Trinajstić information content (AvgIpc) is 1.37. The largest absolute Gasteiger partial charge is 0.152 e. The van der Waals surface area contributed by atoms with Crippen LogP contribution in [0.2, 0.25) is 0 Å². The highest BCUT2D eigenvalue weighted by Gasteiger charge is 1.52. The predicted molar refractivity (Wildman–Crippen MR) is 16.4 cm³/mol. The minimum atomic E-state index is -0.111. The molecule has 3 heteroatoms. The summed E-state index contributed by atoms with van der Waals surface area (Å²) in [5.41, 5.74) is 0. The van der Waals surface area contributed by atoms with Gasteiger partial charge < -0.3 is 0 Å². The van der Waals surface area contributed by atoms with Gasteiger partial charge in [-0.15, -0.1) is 0 Å². The van der Waals surface area contributed by atoms with E-state index in [4.69, 9.17) is 4.91 Å². The molecule has 0 aromatic carbocycles. The molecule has 0 N–H and O–H groups in total. The molecular formula is CH2BNO. The first-order chi connectivity index (χ1) is 1.91. The quantitative estimate of drug-likeness (QED) is 0.303. The van der Waals surface area contributed by atoms with E-state index in [1.54, 1.807) is 0 Å². The number of nitrogens with zero attached hydrogens (tertiary/aromatic N) is 1. The summed E-state index contributed by atoms with van der Waals surface area (Å²) >= 11 is 0. The highest BCUT2D eigenvalue weighted by atomic mass is 16.2. The lowest BCUT2D eigenvalue weighted by molar-refractivity contribution is 1.34. The first-order valence-electron chi connectivity index (χ1n) is 0.907. The molecule has 0 heterocycles. The molecule has 2 radical (unpaired) electrons. The maximum atomic E-state index is 8.80. The smallest absolute Gasteiger partial charge is 0.102 e. The lowest BCUT2D eigenvalue weighted by Gasteiger charge is -1.51. The van der Waals surface area contributed by atoms with E-state index in [1.807, 2.05) is 0 Å². The summed E-state index contributed by atoms with van der Waals surface area (Å²) in [7, 11) is 4.55. The molecular weight excluding hydrogens is 52.8 g/mol. The summed E-state index contributed by atoms with van der Waals surface area (Å²) < 4.78 is 0. The van der Waals surface area contributed by atoms with Gasteiger partial charge in [-0.25, -0.2) is 0 Å². The second-order valence-corrected chi connectivity index (χ2v) is 0.312. The maximum Gasteiger partial charge on any atom is 0.102 e. The summed E-state index contributed by atoms with van der Waals surface area (Å²) in [5.74, 6) is 0. The van der Waals surface area contributed by atoms with E-state index in [1.165, 1.54) is 0 Å². The third kappa shape index (κ3) is 1.66. The van der Waals surface area contributed by atoms with Crippen LogP contribution < -0.4 is 0 Å². The Labute approximate surface area is 25.6 Å². The number of nitroso groups, excluding NO2 is 1. The molecule has 0 unspecified atom stereocenters. The topological polar surface area (TPSA) is 29.4 Å². The van der Waals surface area contributed by atoms with E-state index < -0.39 is 0 Å². The Kier molecular flexibility index (Phi) is 2.44. The number of hydrogen-bond acceptors (Lipinski definition) is 2. The molecule has 0 rings (SSSR count). The molecule has 0 spiro atoms. The fourth-order valence-corrected chi connectivity index (χ4v) is 0. The second kappa shape index (κ2) is 2.66. The van der Waals surface area contributed by atoms with Gasteiger partial charge in [0.15, 0.2) is 0 Å². The third-order valence-corrected chi connectivity index (χ3v) is 0.0745. The fourth-order valence-electron chi connectivity index (χ4n) is 0. The Morgan fingerprint density at radius 3 is 2.25 bits per heavy atom. The molecule has 0 fully saturated rings. The molecule has 2 nitrogen and oxygen atoms in total. The van der Waals surface area contributed by atoms with Gasteiger partial charge in [0.05, 0.1) is 0 Å². The zero-order chi connectivity index (χ0) is 3.41. The van der Waals surface area contributed by atoms with Crippen molar-refractivity contribution >= 4 is 7.85 Å². The molecule has 0 saturated carbocycles. The lowest BCUT2D eigenvalue weighted by Crippen LogP contribution is -1.65. The van der Waals surface area contributed by atoms with Crippen LogP contribution in [0.4, 0.5) is 0 Å². The molecule has 0 bridgehead atoms. The highest BCUT2D eigenvalue weighted by molar-refractivity contribution is 6.08. The van der Waals surface area contributed by atoms with E-state index in [2.05, 4.69) is 13.0 Å². The molecule has 0 aromatic rings. The SMILES string of the molecule is [B]CN=O. The van der Waals surface area contributed by atoms with Crippen molar-refractivity contribution in [2.24, 2.45) is 5.18 Å². The van der Waals surface area contributed by atoms with Crippen LogP contribution in [0.1, 0.15) is 0 Å². The summed E-state index contributed by atoms with van der Waals surface area (Å²) in [6, 6.07) is 0. The summed E-state index contributed by atoms with van der Waals surface area (Å²) in [5, 5.41) is 2.26. The van der Waals surface area contributed by atoms with Crippen LogP contribution in [0.15, 0.2) is 5.18 Å². The van der Waals surface area contributed by atoms with Gasteiger partial charge in [0.1, 0.15) is 7.85 Å². The molecule has 0 saturated heterocycles. The van der Waals surface area contributed by atoms with Crippen molar-refractivity contribution in [3.8, 4) is 0 Å².